The molecule has 24 N–H and O–H groups in total. The summed E-state index contributed by atoms with van der Waals surface area (Å²) < 4.78 is 0. The first-order chi connectivity index (χ1) is 38.4. The van der Waals surface area contributed by atoms with Crippen molar-refractivity contribution >= 4 is 65.1 Å². The summed E-state index contributed by atoms with van der Waals surface area (Å²) in [6.07, 6.45) is 3.92. The Hall–Kier alpha value is -7.96. The number of aliphatic imine (C=N–C) groups is 2. The number of hydrogen-bond donors (Lipinski definition) is 18. The van der Waals surface area contributed by atoms with Crippen molar-refractivity contribution < 1.29 is 58.5 Å². The zero-order valence-corrected chi connectivity index (χ0v) is 46.5. The van der Waals surface area contributed by atoms with Crippen LogP contribution in [0.15, 0.2) is 52.8 Å². The molecule has 0 radical (unpaired) electrons. The van der Waals surface area contributed by atoms with Crippen LogP contribution in [0.3, 0.4) is 0 Å². The number of aliphatic hydroxyl groups excluding tert-OH is 2. The summed E-state index contributed by atoms with van der Waals surface area (Å²) in [5, 5.41) is 49.9. The molecule has 0 aliphatic carbocycles. The number of guanidine groups is 2. The van der Waals surface area contributed by atoms with E-state index in [2.05, 4.69) is 62.5 Å². The lowest BCUT2D eigenvalue weighted by molar-refractivity contribution is -0.143. The molecule has 8 amide bonds. The van der Waals surface area contributed by atoms with Crippen LogP contribution in [0.2, 0.25) is 0 Å². The number of aliphatic hydroxyl groups is 2. The Bertz CT molecular complexity index is 2370. The number of carbonyl (C=O) groups excluding carboxylic acids is 8. The van der Waals surface area contributed by atoms with Gasteiger partial charge in [0, 0.05) is 37.8 Å². The van der Waals surface area contributed by atoms with Crippen LogP contribution in [0.25, 0.3) is 0 Å². The third kappa shape index (κ3) is 26.2. The summed E-state index contributed by atoms with van der Waals surface area (Å²) in [6.45, 7) is 5.47. The molecule has 1 heterocycles. The Morgan fingerprint density at radius 1 is 0.580 bits per heavy atom. The van der Waals surface area contributed by atoms with Crippen LogP contribution in [-0.4, -0.2) is 178 Å². The van der Waals surface area contributed by atoms with E-state index in [1.807, 2.05) is 0 Å². The number of carbonyl (C=O) groups is 9. The highest BCUT2D eigenvalue weighted by Gasteiger charge is 2.36. The van der Waals surface area contributed by atoms with E-state index in [1.165, 1.54) is 12.5 Å². The molecule has 2 rings (SSSR count). The van der Waals surface area contributed by atoms with E-state index in [-0.39, 0.29) is 88.8 Å². The highest BCUT2D eigenvalue weighted by Crippen LogP contribution is 2.14. The minimum absolute atomic E-state index is 0.00133. The van der Waals surface area contributed by atoms with Gasteiger partial charge in [0.1, 0.15) is 48.3 Å². The van der Waals surface area contributed by atoms with E-state index in [0.717, 1.165) is 0 Å². The van der Waals surface area contributed by atoms with Crippen LogP contribution in [0.1, 0.15) is 96.7 Å². The fourth-order valence-electron chi connectivity index (χ4n) is 8.03. The van der Waals surface area contributed by atoms with Crippen molar-refractivity contribution in [2.45, 2.75) is 153 Å². The number of hydrogen-bond acceptors (Lipinski definition) is 16. The molecule has 1 aromatic heterocycles. The van der Waals surface area contributed by atoms with Gasteiger partial charge in [-0.2, -0.15) is 0 Å². The van der Waals surface area contributed by atoms with Crippen LogP contribution < -0.4 is 76.9 Å². The molecular formula is C51H86N18O12. The van der Waals surface area contributed by atoms with Gasteiger partial charge >= 0.3 is 5.97 Å². The highest BCUT2D eigenvalue weighted by molar-refractivity contribution is 5.98. The minimum atomic E-state index is -1.68. The zero-order chi connectivity index (χ0) is 60.6. The number of nitrogens with one attached hydrogen (secondary N) is 9. The van der Waals surface area contributed by atoms with Gasteiger partial charge in [0.15, 0.2) is 11.9 Å². The van der Waals surface area contributed by atoms with Crippen LogP contribution in [0, 0.1) is 11.8 Å². The van der Waals surface area contributed by atoms with Gasteiger partial charge in [0.05, 0.1) is 25.6 Å². The SMILES string of the molecule is CC[C@H](C)[C@H](NC(=O)[C@H](CC(C)C)NC(=O)[C@H](CCCN=C(N)N)NC(=O)[C@H](CCCN=C(N)N)NC(=O)[C@H](CCCCN)NC(=O)[C@H](CO)NC(=O)[C@@H](N)Cc1cnc[nH]1)C(=O)N[C@@H](Cc1ccccc1)C(=O)N[C@@H](CO)C(=O)O. The molecular weight excluding hydrogens is 1060 g/mol. The van der Waals surface area contributed by atoms with Crippen molar-refractivity contribution in [1.82, 2.24) is 52.5 Å². The number of benzene rings is 1. The first kappa shape index (κ1) is 69.1. The van der Waals surface area contributed by atoms with Crippen molar-refractivity contribution in [3.63, 3.8) is 0 Å². The maximum atomic E-state index is 14.5. The second-order valence-electron chi connectivity index (χ2n) is 19.9. The van der Waals surface area contributed by atoms with Gasteiger partial charge in [0.25, 0.3) is 0 Å². The van der Waals surface area contributed by atoms with Gasteiger partial charge in [-0.3, -0.25) is 48.3 Å². The Kier molecular flexibility index (Phi) is 31.6. The quantitative estimate of drug-likeness (QED) is 0.0169. The smallest absolute Gasteiger partial charge is 0.328 e. The molecule has 0 aliphatic heterocycles. The lowest BCUT2D eigenvalue weighted by Crippen LogP contribution is -2.61. The van der Waals surface area contributed by atoms with Crippen LogP contribution in [0.4, 0.5) is 0 Å². The molecule has 452 valence electrons. The third-order valence-electron chi connectivity index (χ3n) is 12.7. The molecule has 0 saturated carbocycles. The van der Waals surface area contributed by atoms with Gasteiger partial charge < -0.3 is 97.2 Å². The lowest BCUT2D eigenvalue weighted by atomic mass is 9.95. The maximum Gasteiger partial charge on any atom is 0.328 e. The normalized spacial score (nSPS) is 14.8. The lowest BCUT2D eigenvalue weighted by Gasteiger charge is -2.30. The van der Waals surface area contributed by atoms with Crippen molar-refractivity contribution in [3.05, 3.63) is 54.1 Å². The number of nitrogens with two attached hydrogens (primary N) is 6. The standard InChI is InChI=1S/C51H86N18O12/c1-5-29(4)40(48(79)66-37(22-30-13-7-6-8-14-30)45(76)68-39(26-71)49(80)81)69-46(77)36(21-28(2)3)65-44(75)35(17-12-20-60-51(56)57)63-43(74)34(16-11-19-59-50(54)55)62-42(73)33(15-9-10-18-52)64-47(78)38(25-70)67-41(72)32(53)23-31-24-58-27-61-31/h6-8,13-14,24,27-29,32-40,70-71H,5,9-12,15-23,25-26,52-53H2,1-4H3,(H,58,61)(H,62,73)(H,63,74)(H,64,78)(H,65,75)(H,66,79)(H,67,72)(H,68,76)(H,69,77)(H,80,81)(H4,54,55,59)(H4,56,57,60)/t29-,32-,33-,34-,35-,36-,37-,38-,39-,40-/m0/s1. The fraction of sp³-hybridized carbons (Fsp3) is 0.608. The summed E-state index contributed by atoms with van der Waals surface area (Å²) in [4.78, 5) is 138. The van der Waals surface area contributed by atoms with E-state index in [4.69, 9.17) is 34.4 Å². The number of H-pyrrole nitrogens is 1. The molecule has 0 aliphatic rings. The second kappa shape index (κ2) is 37.1. The third-order valence-corrected chi connectivity index (χ3v) is 12.7. The van der Waals surface area contributed by atoms with Gasteiger partial charge in [-0.05, 0) is 75.3 Å². The molecule has 81 heavy (non-hydrogen) atoms. The predicted octanol–water partition coefficient (Wildman–Crippen LogP) is -5.20. The molecule has 2 aromatic rings. The summed E-state index contributed by atoms with van der Waals surface area (Å²) >= 11 is 0. The maximum absolute atomic E-state index is 14.5. The first-order valence-corrected chi connectivity index (χ1v) is 26.9. The molecule has 0 spiro atoms. The monoisotopic (exact) mass is 1140 g/mol. The number of carboxylic acids is 1. The van der Waals surface area contributed by atoms with Crippen molar-refractivity contribution in [2.75, 3.05) is 32.8 Å². The highest BCUT2D eigenvalue weighted by atomic mass is 16.4. The molecule has 0 saturated heterocycles. The number of amides is 8. The Morgan fingerprint density at radius 3 is 1.49 bits per heavy atom. The summed E-state index contributed by atoms with van der Waals surface area (Å²) in [6, 6.07) is -4.02. The van der Waals surface area contributed by atoms with Crippen molar-refractivity contribution in [3.8, 4) is 0 Å². The topological polar surface area (TPSA) is 520 Å². The number of aromatic nitrogens is 2. The van der Waals surface area contributed by atoms with E-state index in [9.17, 15) is 58.5 Å². The predicted molar refractivity (Wildman–Crippen MR) is 299 cm³/mol. The molecule has 0 fully saturated rings. The number of imidazole rings is 1. The van der Waals surface area contributed by atoms with E-state index in [0.29, 0.717) is 30.5 Å². The van der Waals surface area contributed by atoms with E-state index >= 15 is 0 Å². The van der Waals surface area contributed by atoms with Crippen molar-refractivity contribution in [2.24, 2.45) is 56.2 Å². The number of carboxylic acid groups (broad SMARTS) is 1. The van der Waals surface area contributed by atoms with E-state index < -0.39 is 127 Å². The first-order valence-electron chi connectivity index (χ1n) is 26.9. The van der Waals surface area contributed by atoms with Gasteiger partial charge in [-0.25, -0.2) is 9.78 Å². The van der Waals surface area contributed by atoms with Gasteiger partial charge in [-0.15, -0.1) is 0 Å². The molecule has 0 unspecified atom stereocenters. The van der Waals surface area contributed by atoms with E-state index in [1.54, 1.807) is 58.0 Å². The second-order valence-corrected chi connectivity index (χ2v) is 19.9. The summed E-state index contributed by atoms with van der Waals surface area (Å²) in [5.74, 6) is -9.63. The average molecular weight is 1140 g/mol. The number of nitrogens with zero attached hydrogens (tertiary/aromatic N) is 3. The molecule has 0 bridgehead atoms. The summed E-state index contributed by atoms with van der Waals surface area (Å²) in [5.41, 5.74) is 35.1. The molecule has 30 nitrogen and oxygen atoms in total. The number of aromatic amines is 1. The minimum Gasteiger partial charge on any atom is -0.480 e. The molecule has 10 atom stereocenters. The number of rotatable bonds is 39. The molecule has 30 heteroatoms. The Balaban J connectivity index is 2.50. The van der Waals surface area contributed by atoms with Crippen molar-refractivity contribution in [1.29, 1.82) is 0 Å². The zero-order valence-electron chi connectivity index (χ0n) is 46.5. The number of aliphatic carboxylic acids is 1. The van der Waals surface area contributed by atoms with Gasteiger partial charge in [-0.1, -0.05) is 64.4 Å². The van der Waals surface area contributed by atoms with Crippen LogP contribution in [-0.2, 0) is 56.0 Å². The summed E-state index contributed by atoms with van der Waals surface area (Å²) in [7, 11) is 0. The number of unbranched alkanes of at least 4 members (excludes halogenated alkanes) is 1. The average Bonchev–Trinajstić information content (AvgIpc) is 3.94. The van der Waals surface area contributed by atoms with Gasteiger partial charge in [0.2, 0.25) is 47.3 Å². The molecule has 1 aromatic carbocycles. The largest absolute Gasteiger partial charge is 0.480 e. The van der Waals surface area contributed by atoms with Crippen LogP contribution in [0.5, 0.6) is 0 Å². The Morgan fingerprint density at radius 2 is 1.04 bits per heavy atom. The fourth-order valence-corrected chi connectivity index (χ4v) is 8.03. The Labute approximate surface area is 470 Å². The van der Waals surface area contributed by atoms with Crippen LogP contribution >= 0.6 is 0 Å².